The van der Waals surface area contributed by atoms with Crippen LogP contribution in [0, 0.1) is 13.8 Å². The minimum atomic E-state index is -0.198. The summed E-state index contributed by atoms with van der Waals surface area (Å²) in [7, 11) is 0. The molecule has 0 aliphatic carbocycles. The van der Waals surface area contributed by atoms with Crippen LogP contribution in [0.3, 0.4) is 0 Å². The Hall–Kier alpha value is -2.84. The lowest BCUT2D eigenvalue weighted by Crippen LogP contribution is -2.36. The first-order valence-electron chi connectivity index (χ1n) is 11.9. The van der Waals surface area contributed by atoms with Gasteiger partial charge in [-0.05, 0) is 97.1 Å². The summed E-state index contributed by atoms with van der Waals surface area (Å²) >= 11 is 1.73. The van der Waals surface area contributed by atoms with Crippen LogP contribution in [-0.2, 0) is 18.6 Å². The SMILES string of the molecule is CC[C@H](c1nnnn1C(C)(C)CC)N(Cc1cccs1)Cc1cc2cc(C)c(C)cc2[nH]c1=O. The highest BCUT2D eigenvalue weighted by molar-refractivity contribution is 7.09. The van der Waals surface area contributed by atoms with Crippen molar-refractivity contribution in [3.63, 3.8) is 0 Å². The van der Waals surface area contributed by atoms with Gasteiger partial charge in [0.15, 0.2) is 5.82 Å². The number of nitrogens with zero attached hydrogens (tertiary/aromatic N) is 5. The summed E-state index contributed by atoms with van der Waals surface area (Å²) in [5, 5.41) is 16.0. The van der Waals surface area contributed by atoms with Crippen molar-refractivity contribution < 1.29 is 0 Å². The van der Waals surface area contributed by atoms with Crippen molar-refractivity contribution in [2.24, 2.45) is 0 Å². The molecule has 180 valence electrons. The number of H-pyrrole nitrogens is 1. The maximum absolute atomic E-state index is 13.1. The number of fused-ring (bicyclic) bond motifs is 1. The maximum Gasteiger partial charge on any atom is 0.252 e. The zero-order valence-corrected chi connectivity index (χ0v) is 21.7. The smallest absolute Gasteiger partial charge is 0.252 e. The van der Waals surface area contributed by atoms with Gasteiger partial charge >= 0.3 is 0 Å². The number of hydrogen-bond donors (Lipinski definition) is 1. The standard InChI is InChI=1S/C26H34N6OS/c1-7-23(24-28-29-30-32(24)26(5,6)8-2)31(16-21-10-9-11-34-21)15-20-14-19-12-17(3)18(4)13-22(19)27-25(20)33/h9-14,23H,7-8,15-16H2,1-6H3,(H,27,33)/t23-/m1/s1. The Bertz CT molecular complexity index is 1320. The summed E-state index contributed by atoms with van der Waals surface area (Å²) in [6, 6.07) is 10.4. The molecule has 0 spiro atoms. The number of tetrazole rings is 1. The van der Waals surface area contributed by atoms with Crippen LogP contribution in [0.5, 0.6) is 0 Å². The molecule has 0 fully saturated rings. The predicted octanol–water partition coefficient (Wildman–Crippen LogP) is 5.49. The third-order valence-electron chi connectivity index (χ3n) is 6.91. The minimum Gasteiger partial charge on any atom is -0.322 e. The molecule has 4 aromatic rings. The molecule has 0 radical (unpaired) electrons. The summed E-state index contributed by atoms with van der Waals surface area (Å²) in [6.45, 7) is 14.0. The van der Waals surface area contributed by atoms with Gasteiger partial charge in [-0.25, -0.2) is 4.68 Å². The second kappa shape index (κ2) is 9.80. The number of aryl methyl sites for hydroxylation is 2. The van der Waals surface area contributed by atoms with E-state index in [1.165, 1.54) is 16.0 Å². The zero-order valence-electron chi connectivity index (χ0n) is 20.9. The lowest BCUT2D eigenvalue weighted by Gasteiger charge is -2.32. The van der Waals surface area contributed by atoms with E-state index in [1.54, 1.807) is 11.3 Å². The Morgan fingerprint density at radius 3 is 2.59 bits per heavy atom. The van der Waals surface area contributed by atoms with E-state index >= 15 is 0 Å². The van der Waals surface area contributed by atoms with Gasteiger partial charge in [-0.2, -0.15) is 0 Å². The predicted molar refractivity (Wildman–Crippen MR) is 138 cm³/mol. The molecule has 0 amide bonds. The van der Waals surface area contributed by atoms with Crippen LogP contribution in [0.2, 0.25) is 0 Å². The minimum absolute atomic E-state index is 0.0298. The van der Waals surface area contributed by atoms with E-state index in [9.17, 15) is 4.79 Å². The van der Waals surface area contributed by atoms with Crippen molar-refractivity contribution in [3.05, 3.63) is 73.5 Å². The van der Waals surface area contributed by atoms with Crippen LogP contribution in [0.4, 0.5) is 0 Å². The Labute approximate surface area is 204 Å². The van der Waals surface area contributed by atoms with Crippen LogP contribution in [0.25, 0.3) is 10.9 Å². The van der Waals surface area contributed by atoms with Gasteiger partial charge < -0.3 is 4.98 Å². The van der Waals surface area contributed by atoms with Gasteiger partial charge in [0.05, 0.1) is 11.6 Å². The average Bonchev–Trinajstić information content (AvgIpc) is 3.49. The molecule has 7 nitrogen and oxygen atoms in total. The molecule has 1 N–H and O–H groups in total. The fourth-order valence-corrected chi connectivity index (χ4v) is 5.05. The molecule has 4 rings (SSSR count). The number of pyridine rings is 1. The topological polar surface area (TPSA) is 79.7 Å². The lowest BCUT2D eigenvalue weighted by molar-refractivity contribution is 0.152. The largest absolute Gasteiger partial charge is 0.322 e. The monoisotopic (exact) mass is 478 g/mol. The summed E-state index contributed by atoms with van der Waals surface area (Å²) in [5.41, 5.74) is 3.77. The molecule has 0 saturated carbocycles. The Kier molecular flexibility index (Phi) is 7.00. The molecular formula is C26H34N6OS. The highest BCUT2D eigenvalue weighted by Crippen LogP contribution is 2.31. The summed E-state index contributed by atoms with van der Waals surface area (Å²) in [4.78, 5) is 19.8. The van der Waals surface area contributed by atoms with E-state index in [4.69, 9.17) is 0 Å². The number of rotatable bonds is 9. The van der Waals surface area contributed by atoms with Crippen molar-refractivity contribution in [2.45, 2.75) is 79.1 Å². The molecule has 3 aromatic heterocycles. The molecule has 34 heavy (non-hydrogen) atoms. The van der Waals surface area contributed by atoms with Crippen molar-refractivity contribution in [3.8, 4) is 0 Å². The van der Waals surface area contributed by atoms with Crippen LogP contribution in [-0.4, -0.2) is 30.1 Å². The zero-order chi connectivity index (χ0) is 24.5. The van der Waals surface area contributed by atoms with Crippen molar-refractivity contribution >= 4 is 22.2 Å². The number of aromatic amines is 1. The van der Waals surface area contributed by atoms with Crippen molar-refractivity contribution in [2.75, 3.05) is 0 Å². The maximum atomic E-state index is 13.1. The molecule has 1 aromatic carbocycles. The van der Waals surface area contributed by atoms with E-state index in [0.29, 0.717) is 6.54 Å². The average molecular weight is 479 g/mol. The van der Waals surface area contributed by atoms with Crippen molar-refractivity contribution in [1.82, 2.24) is 30.1 Å². The highest BCUT2D eigenvalue weighted by atomic mass is 32.1. The fraction of sp³-hybridized carbons (Fsp3) is 0.462. The van der Waals surface area contributed by atoms with E-state index in [0.717, 1.165) is 41.7 Å². The van der Waals surface area contributed by atoms with E-state index < -0.39 is 0 Å². The van der Waals surface area contributed by atoms with Crippen molar-refractivity contribution in [1.29, 1.82) is 0 Å². The first kappa shape index (κ1) is 24.3. The third-order valence-corrected chi connectivity index (χ3v) is 7.77. The number of nitrogens with one attached hydrogen (secondary N) is 1. The molecule has 0 unspecified atom stereocenters. The quantitative estimate of drug-likeness (QED) is 0.344. The van der Waals surface area contributed by atoms with Gasteiger partial charge in [0.1, 0.15) is 0 Å². The van der Waals surface area contributed by atoms with Gasteiger partial charge in [0, 0.05) is 29.0 Å². The molecule has 8 heteroatoms. The van der Waals surface area contributed by atoms with Crippen LogP contribution >= 0.6 is 11.3 Å². The molecule has 0 aliphatic heterocycles. The summed E-state index contributed by atoms with van der Waals surface area (Å²) < 4.78 is 1.96. The fourth-order valence-electron chi connectivity index (χ4n) is 4.32. The Morgan fingerprint density at radius 2 is 1.91 bits per heavy atom. The van der Waals surface area contributed by atoms with Gasteiger partial charge in [-0.15, -0.1) is 16.4 Å². The number of benzene rings is 1. The van der Waals surface area contributed by atoms with Crippen LogP contribution in [0.1, 0.15) is 74.0 Å². The first-order chi connectivity index (χ1) is 16.2. The summed E-state index contributed by atoms with van der Waals surface area (Å²) in [6.07, 6.45) is 1.74. The van der Waals surface area contributed by atoms with Crippen LogP contribution < -0.4 is 5.56 Å². The number of aromatic nitrogens is 5. The van der Waals surface area contributed by atoms with E-state index in [-0.39, 0.29) is 17.1 Å². The lowest BCUT2D eigenvalue weighted by atomic mass is 10.0. The van der Waals surface area contributed by atoms with Gasteiger partial charge in [-0.3, -0.25) is 9.69 Å². The van der Waals surface area contributed by atoms with E-state index in [1.807, 2.05) is 10.7 Å². The molecule has 1 atom stereocenters. The van der Waals surface area contributed by atoms with Gasteiger partial charge in [0.25, 0.3) is 5.56 Å². The molecule has 3 heterocycles. The first-order valence-corrected chi connectivity index (χ1v) is 12.8. The molecular weight excluding hydrogens is 444 g/mol. The Balaban J connectivity index is 1.77. The summed E-state index contributed by atoms with van der Waals surface area (Å²) in [5.74, 6) is 0.842. The molecule has 0 bridgehead atoms. The highest BCUT2D eigenvalue weighted by Gasteiger charge is 2.31. The van der Waals surface area contributed by atoms with Gasteiger partial charge in [-0.1, -0.05) is 19.9 Å². The second-order valence-corrected chi connectivity index (χ2v) is 10.7. The van der Waals surface area contributed by atoms with Gasteiger partial charge in [0.2, 0.25) is 0 Å². The Morgan fingerprint density at radius 1 is 1.15 bits per heavy atom. The van der Waals surface area contributed by atoms with Crippen LogP contribution in [0.15, 0.2) is 40.5 Å². The third kappa shape index (κ3) is 4.83. The normalized spacial score (nSPS) is 13.1. The number of hydrogen-bond acceptors (Lipinski definition) is 6. The molecule has 0 saturated heterocycles. The second-order valence-electron chi connectivity index (χ2n) is 9.67. The van der Waals surface area contributed by atoms with E-state index in [2.05, 4.69) is 96.6 Å². The number of thiophene rings is 1. The molecule has 0 aliphatic rings.